The molecule has 2 fully saturated rings. The number of amides is 1. The van der Waals surface area contributed by atoms with Gasteiger partial charge in [-0.15, -0.1) is 0 Å². The van der Waals surface area contributed by atoms with E-state index in [1.165, 1.54) is 16.5 Å². The van der Waals surface area contributed by atoms with E-state index in [0.717, 1.165) is 6.42 Å². The quantitative estimate of drug-likeness (QED) is 0.680. The minimum Gasteiger partial charge on any atom is -0.388 e. The van der Waals surface area contributed by atoms with Gasteiger partial charge in [0.1, 0.15) is 0 Å². The predicted molar refractivity (Wildman–Crippen MR) is 119 cm³/mol. The van der Waals surface area contributed by atoms with Crippen molar-refractivity contribution >= 4 is 28.4 Å². The molecule has 3 aromatic rings. The lowest BCUT2D eigenvalue weighted by Crippen LogP contribution is -2.50. The highest BCUT2D eigenvalue weighted by Gasteiger charge is 2.47. The molecule has 2 aliphatic rings. The molecular weight excluding hydrogens is 414 g/mol. The Morgan fingerprint density at radius 1 is 1.16 bits per heavy atom. The van der Waals surface area contributed by atoms with Gasteiger partial charge in [-0.2, -0.15) is 0 Å². The van der Waals surface area contributed by atoms with Gasteiger partial charge in [0.2, 0.25) is 5.91 Å². The summed E-state index contributed by atoms with van der Waals surface area (Å²) in [5, 5.41) is 12.1. The van der Waals surface area contributed by atoms with Crippen LogP contribution in [-0.2, 0) is 11.3 Å². The molecule has 1 N–H and O–H groups in total. The van der Waals surface area contributed by atoms with Gasteiger partial charge in [-0.3, -0.25) is 14.2 Å². The zero-order chi connectivity index (χ0) is 21.6. The fourth-order valence-electron chi connectivity index (χ4n) is 4.63. The second kappa shape index (κ2) is 7.77. The average Bonchev–Trinajstić information content (AvgIpc) is 3.57. The Labute approximate surface area is 185 Å². The molecule has 2 aromatic carbocycles. The zero-order valence-electron chi connectivity index (χ0n) is 17.1. The number of likely N-dealkylation sites (tertiary alicyclic amines) is 1. The second-order valence-electron chi connectivity index (χ2n) is 8.75. The maximum atomic E-state index is 12.9. The molecule has 1 aliphatic carbocycles. The average molecular weight is 438 g/mol. The second-order valence-corrected chi connectivity index (χ2v) is 9.18. The Morgan fingerprint density at radius 2 is 1.90 bits per heavy atom. The van der Waals surface area contributed by atoms with Gasteiger partial charge in [-0.05, 0) is 48.9 Å². The number of aromatic nitrogens is 2. The summed E-state index contributed by atoms with van der Waals surface area (Å²) in [4.78, 5) is 31.9. The standard InChI is InChI=1S/C24H24ClN3O3/c25-17-6-7-18-21(12-17)26-15-28(22(18)29)14-24(31)8-10-27(11-9-24)23(30)20-13-19(20)16-4-2-1-3-5-16/h1-7,12,15,19-20,31H,8-11,13-14H2. The molecule has 1 saturated heterocycles. The van der Waals surface area contributed by atoms with Crippen LogP contribution in [0.3, 0.4) is 0 Å². The Bertz CT molecular complexity index is 1190. The Balaban J connectivity index is 1.23. The topological polar surface area (TPSA) is 75.4 Å². The monoisotopic (exact) mass is 437 g/mol. The maximum absolute atomic E-state index is 12.9. The molecule has 1 aliphatic heterocycles. The first-order valence-electron chi connectivity index (χ1n) is 10.6. The van der Waals surface area contributed by atoms with E-state index in [4.69, 9.17) is 11.6 Å². The van der Waals surface area contributed by atoms with Gasteiger partial charge in [0, 0.05) is 24.0 Å². The third-order valence-corrected chi connectivity index (χ3v) is 6.83. The number of hydrogen-bond donors (Lipinski definition) is 1. The van der Waals surface area contributed by atoms with Crippen LogP contribution in [0.1, 0.15) is 30.7 Å². The summed E-state index contributed by atoms with van der Waals surface area (Å²) in [7, 11) is 0. The van der Waals surface area contributed by atoms with Gasteiger partial charge < -0.3 is 10.0 Å². The molecule has 6 nitrogen and oxygen atoms in total. The highest BCUT2D eigenvalue weighted by Crippen LogP contribution is 2.48. The number of carbonyl (C=O) groups is 1. The van der Waals surface area contributed by atoms with Gasteiger partial charge in [0.15, 0.2) is 0 Å². The molecule has 2 heterocycles. The normalized spacial score (nSPS) is 22.5. The maximum Gasteiger partial charge on any atom is 0.261 e. The van der Waals surface area contributed by atoms with Crippen molar-refractivity contribution in [3.05, 3.63) is 75.8 Å². The van der Waals surface area contributed by atoms with Gasteiger partial charge in [0.25, 0.3) is 5.56 Å². The summed E-state index contributed by atoms with van der Waals surface area (Å²) in [5.74, 6) is 0.537. The minimum absolute atomic E-state index is 0.0488. The fraction of sp³-hybridized carbons (Fsp3) is 0.375. The molecule has 160 valence electrons. The van der Waals surface area contributed by atoms with Gasteiger partial charge in [-0.1, -0.05) is 41.9 Å². The first kappa shape index (κ1) is 20.2. The number of fused-ring (bicyclic) bond motifs is 1. The van der Waals surface area contributed by atoms with Crippen molar-refractivity contribution < 1.29 is 9.90 Å². The van der Waals surface area contributed by atoms with E-state index in [2.05, 4.69) is 17.1 Å². The van der Waals surface area contributed by atoms with Crippen LogP contribution in [0.15, 0.2) is 59.7 Å². The van der Waals surface area contributed by atoms with E-state index in [9.17, 15) is 14.7 Å². The fourth-order valence-corrected chi connectivity index (χ4v) is 4.80. The van der Waals surface area contributed by atoms with E-state index < -0.39 is 5.60 Å². The van der Waals surface area contributed by atoms with E-state index in [1.54, 1.807) is 18.2 Å². The number of hydrogen-bond acceptors (Lipinski definition) is 4. The lowest BCUT2D eigenvalue weighted by Gasteiger charge is -2.38. The minimum atomic E-state index is -1.04. The van der Waals surface area contributed by atoms with E-state index in [1.807, 2.05) is 23.1 Å². The van der Waals surface area contributed by atoms with Crippen molar-refractivity contribution in [1.82, 2.24) is 14.5 Å². The smallest absolute Gasteiger partial charge is 0.261 e. The molecule has 0 radical (unpaired) electrons. The van der Waals surface area contributed by atoms with Crippen molar-refractivity contribution in [1.29, 1.82) is 0 Å². The number of halogens is 1. The molecular formula is C24H24ClN3O3. The molecule has 1 saturated carbocycles. The SMILES string of the molecule is O=C(C1CC1c1ccccc1)N1CCC(O)(Cn2cnc3cc(Cl)ccc3c2=O)CC1. The van der Waals surface area contributed by atoms with Crippen molar-refractivity contribution in [3.63, 3.8) is 0 Å². The van der Waals surface area contributed by atoms with Crippen LogP contribution in [0.2, 0.25) is 5.02 Å². The summed E-state index contributed by atoms with van der Waals surface area (Å²) >= 11 is 5.98. The molecule has 1 amide bonds. The van der Waals surface area contributed by atoms with Crippen molar-refractivity contribution in [3.8, 4) is 0 Å². The summed E-state index contributed by atoms with van der Waals surface area (Å²) in [5.41, 5.74) is 0.528. The number of nitrogens with zero attached hydrogens (tertiary/aromatic N) is 3. The first-order chi connectivity index (χ1) is 14.9. The lowest BCUT2D eigenvalue weighted by atomic mass is 9.91. The predicted octanol–water partition coefficient (Wildman–Crippen LogP) is 3.21. The number of rotatable bonds is 4. The van der Waals surface area contributed by atoms with Crippen LogP contribution >= 0.6 is 11.6 Å². The number of carbonyl (C=O) groups excluding carboxylic acids is 1. The third-order valence-electron chi connectivity index (χ3n) is 6.59. The molecule has 31 heavy (non-hydrogen) atoms. The number of piperidine rings is 1. The van der Waals surface area contributed by atoms with Crippen LogP contribution in [0.25, 0.3) is 10.9 Å². The Hall–Kier alpha value is -2.70. The first-order valence-corrected chi connectivity index (χ1v) is 11.0. The molecule has 0 bridgehead atoms. The van der Waals surface area contributed by atoms with E-state index in [-0.39, 0.29) is 23.9 Å². The summed E-state index contributed by atoms with van der Waals surface area (Å²) in [6, 6.07) is 15.1. The van der Waals surface area contributed by atoms with Crippen LogP contribution in [0, 0.1) is 5.92 Å². The summed E-state index contributed by atoms with van der Waals surface area (Å²) in [6.45, 7) is 1.16. The van der Waals surface area contributed by atoms with E-state index >= 15 is 0 Å². The van der Waals surface area contributed by atoms with Crippen LogP contribution in [0.4, 0.5) is 0 Å². The van der Waals surface area contributed by atoms with Gasteiger partial charge >= 0.3 is 0 Å². The van der Waals surface area contributed by atoms with Crippen LogP contribution in [-0.4, -0.2) is 44.2 Å². The van der Waals surface area contributed by atoms with Crippen molar-refractivity contribution in [2.45, 2.75) is 37.3 Å². The summed E-state index contributed by atoms with van der Waals surface area (Å²) < 4.78 is 1.46. The third kappa shape index (κ3) is 3.98. The van der Waals surface area contributed by atoms with Crippen LogP contribution < -0.4 is 5.56 Å². The molecule has 2 unspecified atom stereocenters. The molecule has 7 heteroatoms. The Morgan fingerprint density at radius 3 is 2.65 bits per heavy atom. The largest absolute Gasteiger partial charge is 0.388 e. The lowest BCUT2D eigenvalue weighted by molar-refractivity contribution is -0.137. The summed E-state index contributed by atoms with van der Waals surface area (Å²) in [6.07, 6.45) is 3.23. The highest BCUT2D eigenvalue weighted by atomic mass is 35.5. The zero-order valence-corrected chi connectivity index (χ0v) is 17.8. The Kier molecular flexibility index (Phi) is 5.07. The molecule has 0 spiro atoms. The highest BCUT2D eigenvalue weighted by molar-refractivity contribution is 6.31. The van der Waals surface area contributed by atoms with Gasteiger partial charge in [-0.25, -0.2) is 4.98 Å². The molecule has 5 rings (SSSR count). The van der Waals surface area contributed by atoms with Crippen LogP contribution in [0.5, 0.6) is 0 Å². The number of benzene rings is 2. The number of aliphatic hydroxyl groups is 1. The molecule has 2 atom stereocenters. The van der Waals surface area contributed by atoms with Crippen molar-refractivity contribution in [2.24, 2.45) is 5.92 Å². The van der Waals surface area contributed by atoms with Gasteiger partial charge in [0.05, 0.1) is 29.4 Å². The molecule has 1 aromatic heterocycles. The van der Waals surface area contributed by atoms with Crippen molar-refractivity contribution in [2.75, 3.05) is 13.1 Å². The van der Waals surface area contributed by atoms with E-state index in [0.29, 0.717) is 47.8 Å².